The Kier molecular flexibility index (Phi) is 4.19. The van der Waals surface area contributed by atoms with Gasteiger partial charge in [-0.2, -0.15) is 0 Å². The minimum absolute atomic E-state index is 0.501. The first-order valence-corrected chi connectivity index (χ1v) is 6.83. The topological polar surface area (TPSA) is 37.8 Å². The van der Waals surface area contributed by atoms with Crippen LogP contribution in [-0.2, 0) is 6.42 Å². The maximum atomic E-state index is 6.09. The molecule has 94 valence electrons. The van der Waals surface area contributed by atoms with Crippen molar-refractivity contribution in [2.24, 2.45) is 0 Å². The van der Waals surface area contributed by atoms with Crippen LogP contribution in [-0.4, -0.2) is 9.97 Å². The van der Waals surface area contributed by atoms with Gasteiger partial charge in [0.25, 0.3) is 0 Å². The molecule has 0 aliphatic heterocycles. The largest absolute Gasteiger partial charge is 0.340 e. The smallest absolute Gasteiger partial charge is 0.138 e. The molecule has 2 rings (SSSR count). The third-order valence-corrected chi connectivity index (χ3v) is 3.45. The van der Waals surface area contributed by atoms with Gasteiger partial charge >= 0.3 is 0 Å². The van der Waals surface area contributed by atoms with E-state index in [0.717, 1.165) is 33.8 Å². The van der Waals surface area contributed by atoms with E-state index in [1.165, 1.54) is 0 Å². The number of anilines is 2. The van der Waals surface area contributed by atoms with Crippen molar-refractivity contribution in [1.29, 1.82) is 0 Å². The zero-order chi connectivity index (χ0) is 13.1. The lowest BCUT2D eigenvalue weighted by atomic mass is 10.3. The molecule has 0 fully saturated rings. The van der Waals surface area contributed by atoms with E-state index < -0.39 is 0 Å². The molecular weight excluding hydrogens is 314 g/mol. The number of rotatable bonds is 3. The number of aryl methyl sites for hydroxylation is 1. The van der Waals surface area contributed by atoms with Gasteiger partial charge in [0.1, 0.15) is 16.8 Å². The van der Waals surface area contributed by atoms with Crippen molar-refractivity contribution in [3.8, 4) is 0 Å². The van der Waals surface area contributed by atoms with E-state index in [0.29, 0.717) is 5.15 Å². The van der Waals surface area contributed by atoms with E-state index in [-0.39, 0.29) is 0 Å². The molecule has 0 amide bonds. The Morgan fingerprint density at radius 2 is 1.89 bits per heavy atom. The summed E-state index contributed by atoms with van der Waals surface area (Å²) in [5.74, 6) is 1.50. The van der Waals surface area contributed by atoms with Gasteiger partial charge in [0, 0.05) is 22.1 Å². The van der Waals surface area contributed by atoms with Gasteiger partial charge in [-0.3, -0.25) is 0 Å². The maximum absolute atomic E-state index is 6.09. The minimum atomic E-state index is 0.501. The monoisotopic (exact) mass is 325 g/mol. The molecule has 1 aromatic carbocycles. The first-order valence-electron chi connectivity index (χ1n) is 5.65. The van der Waals surface area contributed by atoms with Crippen molar-refractivity contribution < 1.29 is 0 Å². The molecule has 0 aliphatic rings. The summed E-state index contributed by atoms with van der Waals surface area (Å²) in [5.41, 5.74) is 1.83. The minimum Gasteiger partial charge on any atom is -0.340 e. The number of nitrogens with zero attached hydrogens (tertiary/aromatic N) is 2. The predicted octanol–water partition coefficient (Wildman–Crippen LogP) is 4.51. The Bertz CT molecular complexity index is 555. The average molecular weight is 327 g/mol. The van der Waals surface area contributed by atoms with Gasteiger partial charge in [-0.1, -0.05) is 34.5 Å². The van der Waals surface area contributed by atoms with Crippen LogP contribution in [0.3, 0.4) is 0 Å². The summed E-state index contributed by atoms with van der Waals surface area (Å²) in [6.07, 6.45) is 0.759. The summed E-state index contributed by atoms with van der Waals surface area (Å²) in [6, 6.07) is 7.90. The van der Waals surface area contributed by atoms with E-state index in [4.69, 9.17) is 11.6 Å². The Morgan fingerprint density at radius 3 is 2.50 bits per heavy atom. The zero-order valence-electron chi connectivity index (χ0n) is 10.2. The Hall–Kier alpha value is -1.13. The van der Waals surface area contributed by atoms with Crippen molar-refractivity contribution in [2.45, 2.75) is 20.3 Å². The molecule has 5 heteroatoms. The van der Waals surface area contributed by atoms with E-state index in [1.807, 2.05) is 38.1 Å². The molecule has 18 heavy (non-hydrogen) atoms. The quantitative estimate of drug-likeness (QED) is 0.843. The molecule has 0 saturated carbocycles. The van der Waals surface area contributed by atoms with Crippen LogP contribution in [0.15, 0.2) is 28.7 Å². The second kappa shape index (κ2) is 5.67. The number of nitrogens with one attached hydrogen (secondary N) is 1. The molecule has 1 heterocycles. The van der Waals surface area contributed by atoms with Crippen LogP contribution in [0.4, 0.5) is 11.5 Å². The fourth-order valence-corrected chi connectivity index (χ4v) is 1.93. The molecule has 0 radical (unpaired) electrons. The van der Waals surface area contributed by atoms with E-state index in [2.05, 4.69) is 31.2 Å². The molecule has 1 N–H and O–H groups in total. The zero-order valence-corrected chi connectivity index (χ0v) is 12.5. The normalized spacial score (nSPS) is 10.4. The third-order valence-electron chi connectivity index (χ3n) is 2.56. The summed E-state index contributed by atoms with van der Waals surface area (Å²) < 4.78 is 1.04. The molecule has 0 saturated heterocycles. The highest BCUT2D eigenvalue weighted by Gasteiger charge is 2.08. The molecule has 0 aliphatic carbocycles. The Balaban J connectivity index is 2.33. The van der Waals surface area contributed by atoms with Crippen molar-refractivity contribution >= 4 is 39.0 Å². The van der Waals surface area contributed by atoms with Gasteiger partial charge in [0.2, 0.25) is 0 Å². The Morgan fingerprint density at radius 1 is 1.22 bits per heavy atom. The average Bonchev–Trinajstić information content (AvgIpc) is 2.37. The lowest BCUT2D eigenvalue weighted by Gasteiger charge is -2.11. The summed E-state index contributed by atoms with van der Waals surface area (Å²) in [4.78, 5) is 8.67. The summed E-state index contributed by atoms with van der Waals surface area (Å²) in [7, 11) is 0. The molecule has 2 aromatic rings. The van der Waals surface area contributed by atoms with Crippen LogP contribution in [0.2, 0.25) is 5.15 Å². The molecule has 1 aromatic heterocycles. The van der Waals surface area contributed by atoms with Gasteiger partial charge in [-0.15, -0.1) is 0 Å². The van der Waals surface area contributed by atoms with Crippen molar-refractivity contribution in [3.63, 3.8) is 0 Å². The van der Waals surface area contributed by atoms with E-state index in [9.17, 15) is 0 Å². The number of benzene rings is 1. The van der Waals surface area contributed by atoms with Crippen LogP contribution in [0, 0.1) is 6.92 Å². The highest BCUT2D eigenvalue weighted by Crippen LogP contribution is 2.24. The highest BCUT2D eigenvalue weighted by molar-refractivity contribution is 9.10. The molecule has 0 unspecified atom stereocenters. The predicted molar refractivity (Wildman–Crippen MR) is 78.6 cm³/mol. The molecule has 3 nitrogen and oxygen atoms in total. The van der Waals surface area contributed by atoms with E-state index in [1.54, 1.807) is 0 Å². The molecular formula is C13H13BrClN3. The maximum Gasteiger partial charge on any atom is 0.138 e. The number of aromatic nitrogens is 2. The van der Waals surface area contributed by atoms with Crippen LogP contribution in [0.1, 0.15) is 18.3 Å². The number of hydrogen-bond acceptors (Lipinski definition) is 3. The van der Waals surface area contributed by atoms with Gasteiger partial charge in [-0.05, 0) is 31.2 Å². The number of hydrogen-bond donors (Lipinski definition) is 1. The molecule has 0 bridgehead atoms. The van der Waals surface area contributed by atoms with Crippen LogP contribution < -0.4 is 5.32 Å². The fraction of sp³-hybridized carbons (Fsp3) is 0.231. The van der Waals surface area contributed by atoms with Crippen molar-refractivity contribution in [2.75, 3.05) is 5.32 Å². The first kappa shape index (κ1) is 13.3. The summed E-state index contributed by atoms with van der Waals surface area (Å²) >= 11 is 9.50. The second-order valence-corrected chi connectivity index (χ2v) is 5.16. The summed E-state index contributed by atoms with van der Waals surface area (Å²) in [6.45, 7) is 3.91. The van der Waals surface area contributed by atoms with Crippen LogP contribution in [0.5, 0.6) is 0 Å². The molecule has 0 atom stereocenters. The second-order valence-electron chi connectivity index (χ2n) is 3.89. The first-order chi connectivity index (χ1) is 8.60. The lowest BCUT2D eigenvalue weighted by Crippen LogP contribution is -2.03. The summed E-state index contributed by atoms with van der Waals surface area (Å²) in [5, 5.41) is 3.76. The fourth-order valence-electron chi connectivity index (χ4n) is 1.48. The number of halogens is 2. The lowest BCUT2D eigenvalue weighted by molar-refractivity contribution is 0.934. The van der Waals surface area contributed by atoms with Gasteiger partial charge < -0.3 is 5.32 Å². The van der Waals surface area contributed by atoms with Crippen molar-refractivity contribution in [1.82, 2.24) is 9.97 Å². The standard InChI is InChI=1S/C13H13BrClN3/c1-3-11-17-12(15)8(2)13(18-11)16-10-6-4-9(14)5-7-10/h4-7H,3H2,1-2H3,(H,16,17,18). The van der Waals surface area contributed by atoms with Crippen LogP contribution in [0.25, 0.3) is 0 Å². The van der Waals surface area contributed by atoms with Gasteiger partial charge in [0.15, 0.2) is 0 Å². The molecule has 0 spiro atoms. The Labute approximate surface area is 120 Å². The van der Waals surface area contributed by atoms with Crippen LogP contribution >= 0.6 is 27.5 Å². The highest BCUT2D eigenvalue weighted by atomic mass is 79.9. The van der Waals surface area contributed by atoms with E-state index >= 15 is 0 Å². The van der Waals surface area contributed by atoms with Gasteiger partial charge in [-0.25, -0.2) is 9.97 Å². The van der Waals surface area contributed by atoms with Crippen molar-refractivity contribution in [3.05, 3.63) is 45.3 Å². The third kappa shape index (κ3) is 3.00. The van der Waals surface area contributed by atoms with Gasteiger partial charge in [0.05, 0.1) is 0 Å². The SMILES string of the molecule is CCc1nc(Cl)c(C)c(Nc2ccc(Br)cc2)n1.